The number of hydrogen-bond donors (Lipinski definition) is 2. The Labute approximate surface area is 196 Å². The van der Waals surface area contributed by atoms with E-state index in [0.717, 1.165) is 36.4 Å². The van der Waals surface area contributed by atoms with E-state index >= 15 is 0 Å². The summed E-state index contributed by atoms with van der Waals surface area (Å²) in [6.45, 7) is 1.63. The summed E-state index contributed by atoms with van der Waals surface area (Å²) in [5.41, 5.74) is 1.23. The maximum atomic E-state index is 12.8. The molecule has 32 heavy (non-hydrogen) atoms. The number of nitrogens with one attached hydrogen (secondary N) is 2. The third-order valence-electron chi connectivity index (χ3n) is 5.59. The molecule has 0 aliphatic carbocycles. The van der Waals surface area contributed by atoms with Crippen LogP contribution in [0.15, 0.2) is 52.3 Å². The highest BCUT2D eigenvalue weighted by Gasteiger charge is 2.29. The van der Waals surface area contributed by atoms with Gasteiger partial charge in [0.15, 0.2) is 0 Å². The van der Waals surface area contributed by atoms with E-state index in [9.17, 15) is 18.0 Å². The molecule has 2 heterocycles. The van der Waals surface area contributed by atoms with Crippen molar-refractivity contribution in [3.05, 3.63) is 53.1 Å². The van der Waals surface area contributed by atoms with Gasteiger partial charge < -0.3 is 10.2 Å². The Morgan fingerprint density at radius 1 is 1.16 bits per heavy atom. The Bertz CT molecular complexity index is 1120. The summed E-state index contributed by atoms with van der Waals surface area (Å²) in [5, 5.41) is 3.40. The Hall–Kier alpha value is -2.07. The molecule has 1 fully saturated rings. The third-order valence-corrected chi connectivity index (χ3v) is 8.48. The van der Waals surface area contributed by atoms with Crippen LogP contribution in [0.5, 0.6) is 0 Å². The second-order valence-corrected chi connectivity index (χ2v) is 11.2. The number of halogens is 1. The smallest absolute Gasteiger partial charge is 0.240 e. The van der Waals surface area contributed by atoms with Crippen LogP contribution in [0.1, 0.15) is 24.8 Å². The average Bonchev–Trinajstić information content (AvgIpc) is 3.27. The van der Waals surface area contributed by atoms with Gasteiger partial charge in [-0.15, -0.1) is 11.8 Å². The fraction of sp³-hybridized carbons (Fsp3) is 0.364. The molecule has 4 rings (SSSR count). The quantitative estimate of drug-likeness (QED) is 0.642. The zero-order valence-corrected chi connectivity index (χ0v) is 19.7. The maximum Gasteiger partial charge on any atom is 0.240 e. The van der Waals surface area contributed by atoms with Gasteiger partial charge in [0.2, 0.25) is 21.8 Å². The van der Waals surface area contributed by atoms with Crippen LogP contribution >= 0.6 is 23.4 Å². The second kappa shape index (κ2) is 9.82. The molecule has 0 bridgehead atoms. The van der Waals surface area contributed by atoms with E-state index in [2.05, 4.69) is 10.0 Å². The first-order chi connectivity index (χ1) is 15.3. The predicted molar refractivity (Wildman–Crippen MR) is 125 cm³/mol. The Morgan fingerprint density at radius 3 is 2.59 bits per heavy atom. The van der Waals surface area contributed by atoms with Crippen molar-refractivity contribution in [3.63, 3.8) is 0 Å². The molecule has 0 saturated carbocycles. The van der Waals surface area contributed by atoms with Crippen LogP contribution in [0.3, 0.4) is 0 Å². The number of rotatable bonds is 6. The molecule has 2 aromatic rings. The van der Waals surface area contributed by atoms with Crippen molar-refractivity contribution in [1.82, 2.24) is 9.62 Å². The minimum absolute atomic E-state index is 0.00359. The number of nitrogens with zero attached hydrogens (tertiary/aromatic N) is 1. The number of carbonyl (C=O) groups is 2. The number of fused-ring (bicyclic) bond motifs is 1. The van der Waals surface area contributed by atoms with Crippen molar-refractivity contribution < 1.29 is 18.0 Å². The molecule has 1 unspecified atom stereocenters. The normalized spacial score (nSPS) is 18.7. The standard InChI is InChI=1S/C22H24ClN3O4S2/c23-17-5-3-15(4-6-17)13-24-32(29,30)18-7-8-20-19(12-18)25-22(28)16(14-31-20)11-21(27)26-9-1-2-10-26/h3-8,12,16,24H,1-2,9-11,13-14H2,(H,25,28). The minimum atomic E-state index is -3.78. The average molecular weight is 494 g/mol. The molecule has 10 heteroatoms. The number of anilines is 1. The van der Waals surface area contributed by atoms with Gasteiger partial charge in [0.05, 0.1) is 16.5 Å². The number of likely N-dealkylation sites (tertiary alicyclic amines) is 1. The Morgan fingerprint density at radius 2 is 1.88 bits per heavy atom. The minimum Gasteiger partial charge on any atom is -0.343 e. The summed E-state index contributed by atoms with van der Waals surface area (Å²) < 4.78 is 28.1. The zero-order chi connectivity index (χ0) is 22.7. The molecule has 0 radical (unpaired) electrons. The molecule has 2 aliphatic rings. The van der Waals surface area contributed by atoms with Gasteiger partial charge in [0, 0.05) is 41.7 Å². The van der Waals surface area contributed by atoms with E-state index in [4.69, 9.17) is 11.6 Å². The van der Waals surface area contributed by atoms with Crippen molar-refractivity contribution in [2.75, 3.05) is 24.2 Å². The van der Waals surface area contributed by atoms with E-state index in [0.29, 0.717) is 16.5 Å². The lowest BCUT2D eigenvalue weighted by molar-refractivity contribution is -0.133. The van der Waals surface area contributed by atoms with E-state index in [1.807, 2.05) is 4.90 Å². The van der Waals surface area contributed by atoms with Crippen LogP contribution in [-0.2, 0) is 26.2 Å². The van der Waals surface area contributed by atoms with Crippen LogP contribution in [0, 0.1) is 5.92 Å². The number of sulfonamides is 1. The van der Waals surface area contributed by atoms with E-state index in [-0.39, 0.29) is 29.7 Å². The Balaban J connectivity index is 1.44. The number of hydrogen-bond acceptors (Lipinski definition) is 5. The van der Waals surface area contributed by atoms with Gasteiger partial charge in [-0.3, -0.25) is 9.59 Å². The molecule has 2 amide bonds. The van der Waals surface area contributed by atoms with Crippen LogP contribution in [0.2, 0.25) is 5.02 Å². The van der Waals surface area contributed by atoms with Gasteiger partial charge >= 0.3 is 0 Å². The number of carbonyl (C=O) groups excluding carboxylic acids is 2. The lowest BCUT2D eigenvalue weighted by Crippen LogP contribution is -2.33. The summed E-state index contributed by atoms with van der Waals surface area (Å²) >= 11 is 7.32. The predicted octanol–water partition coefficient (Wildman–Crippen LogP) is 3.49. The fourth-order valence-electron chi connectivity index (χ4n) is 3.72. The van der Waals surface area contributed by atoms with E-state index in [1.165, 1.54) is 23.9 Å². The van der Waals surface area contributed by atoms with Crippen molar-refractivity contribution in [3.8, 4) is 0 Å². The monoisotopic (exact) mass is 493 g/mol. The molecule has 7 nitrogen and oxygen atoms in total. The zero-order valence-electron chi connectivity index (χ0n) is 17.3. The van der Waals surface area contributed by atoms with Gasteiger partial charge in [-0.1, -0.05) is 23.7 Å². The summed E-state index contributed by atoms with van der Waals surface area (Å²) in [4.78, 5) is 27.9. The van der Waals surface area contributed by atoms with Crippen LogP contribution in [-0.4, -0.2) is 44.0 Å². The fourth-order valence-corrected chi connectivity index (χ4v) is 5.97. The van der Waals surface area contributed by atoms with Crippen LogP contribution < -0.4 is 10.0 Å². The third kappa shape index (κ3) is 5.46. The first kappa shape index (κ1) is 23.1. The summed E-state index contributed by atoms with van der Waals surface area (Å²) in [5.74, 6) is -0.237. The van der Waals surface area contributed by atoms with E-state index in [1.54, 1.807) is 30.3 Å². The first-order valence-electron chi connectivity index (χ1n) is 10.4. The van der Waals surface area contributed by atoms with Gasteiger partial charge in [-0.05, 0) is 48.7 Å². The Kier molecular flexibility index (Phi) is 7.09. The van der Waals surface area contributed by atoms with E-state index < -0.39 is 15.9 Å². The van der Waals surface area contributed by atoms with Gasteiger partial charge in [0.25, 0.3) is 0 Å². The largest absolute Gasteiger partial charge is 0.343 e. The highest BCUT2D eigenvalue weighted by Crippen LogP contribution is 2.35. The molecule has 0 aromatic heterocycles. The maximum absolute atomic E-state index is 12.8. The summed E-state index contributed by atoms with van der Waals surface area (Å²) in [6.07, 6.45) is 2.18. The topological polar surface area (TPSA) is 95.6 Å². The lowest BCUT2D eigenvalue weighted by Gasteiger charge is -2.18. The molecule has 2 aliphatic heterocycles. The lowest BCUT2D eigenvalue weighted by atomic mass is 10.1. The second-order valence-electron chi connectivity index (χ2n) is 7.90. The van der Waals surface area contributed by atoms with Crippen LogP contribution in [0.25, 0.3) is 0 Å². The molecule has 1 saturated heterocycles. The van der Waals surface area contributed by atoms with Crippen molar-refractivity contribution in [2.45, 2.75) is 35.6 Å². The van der Waals surface area contributed by atoms with Gasteiger partial charge in [-0.2, -0.15) is 0 Å². The highest BCUT2D eigenvalue weighted by atomic mass is 35.5. The molecule has 2 aromatic carbocycles. The van der Waals surface area contributed by atoms with Crippen LogP contribution in [0.4, 0.5) is 5.69 Å². The van der Waals surface area contributed by atoms with Crippen molar-refractivity contribution in [2.24, 2.45) is 5.92 Å². The molecule has 0 spiro atoms. The molecule has 1 atom stereocenters. The number of benzene rings is 2. The van der Waals surface area contributed by atoms with Gasteiger partial charge in [-0.25, -0.2) is 13.1 Å². The molecular formula is C22H24ClN3O4S2. The SMILES string of the molecule is O=C1Nc2cc(S(=O)(=O)NCc3ccc(Cl)cc3)ccc2SCC1CC(=O)N1CCCC1. The van der Waals surface area contributed by atoms with Crippen molar-refractivity contribution >= 4 is 50.9 Å². The highest BCUT2D eigenvalue weighted by molar-refractivity contribution is 7.99. The molecular weight excluding hydrogens is 470 g/mol. The number of thioether (sulfide) groups is 1. The molecule has 2 N–H and O–H groups in total. The summed E-state index contributed by atoms with van der Waals surface area (Å²) in [6, 6.07) is 11.6. The summed E-state index contributed by atoms with van der Waals surface area (Å²) in [7, 11) is -3.78. The first-order valence-corrected chi connectivity index (χ1v) is 13.3. The number of amides is 2. The van der Waals surface area contributed by atoms with Gasteiger partial charge in [0.1, 0.15) is 0 Å². The molecule has 170 valence electrons. The van der Waals surface area contributed by atoms with Crippen molar-refractivity contribution in [1.29, 1.82) is 0 Å².